The molecule has 0 radical (unpaired) electrons. The second-order valence-corrected chi connectivity index (χ2v) is 12.2. The highest BCUT2D eigenvalue weighted by molar-refractivity contribution is 7.97. The number of halogens is 2. The lowest BCUT2D eigenvalue weighted by Gasteiger charge is -2.41. The van der Waals surface area contributed by atoms with E-state index in [0.717, 1.165) is 37.1 Å². The molecule has 1 saturated carbocycles. The van der Waals surface area contributed by atoms with E-state index < -0.39 is 0 Å². The zero-order valence-corrected chi connectivity index (χ0v) is 21.4. The largest absolute Gasteiger partial charge is 0.369 e. The van der Waals surface area contributed by atoms with E-state index in [2.05, 4.69) is 46.2 Å². The molecule has 2 aromatic rings. The van der Waals surface area contributed by atoms with Crippen LogP contribution in [0.4, 0.5) is 5.69 Å². The van der Waals surface area contributed by atoms with Crippen molar-refractivity contribution in [3.63, 3.8) is 0 Å². The van der Waals surface area contributed by atoms with E-state index in [1.54, 1.807) is 18.0 Å². The maximum atomic E-state index is 6.24. The van der Waals surface area contributed by atoms with Crippen LogP contribution in [0.3, 0.4) is 0 Å². The van der Waals surface area contributed by atoms with E-state index in [4.69, 9.17) is 23.2 Å². The molecule has 2 fully saturated rings. The molecule has 172 valence electrons. The number of fused-ring (bicyclic) bond motifs is 1. The summed E-state index contributed by atoms with van der Waals surface area (Å²) in [5.74, 6) is 0. The van der Waals surface area contributed by atoms with Gasteiger partial charge in [0.1, 0.15) is 0 Å². The first-order valence-electron chi connectivity index (χ1n) is 11.9. The molecule has 3 aliphatic rings. The molecule has 0 unspecified atom stereocenters. The average molecular weight is 491 g/mol. The molecule has 0 amide bonds. The minimum absolute atomic E-state index is 0.0999. The van der Waals surface area contributed by atoms with Crippen molar-refractivity contribution in [3.8, 4) is 0 Å². The molecular weight excluding hydrogens is 457 g/mol. The number of rotatable bonds is 4. The first-order chi connectivity index (χ1) is 15.4. The van der Waals surface area contributed by atoms with E-state index in [0.29, 0.717) is 10.0 Å². The van der Waals surface area contributed by atoms with Crippen molar-refractivity contribution >= 4 is 40.8 Å². The number of benzene rings is 2. The van der Waals surface area contributed by atoms with Crippen LogP contribution in [0.5, 0.6) is 0 Å². The van der Waals surface area contributed by atoms with Gasteiger partial charge in [0, 0.05) is 71.4 Å². The molecule has 2 aromatic carbocycles. The minimum atomic E-state index is 0.0999. The van der Waals surface area contributed by atoms with E-state index in [-0.39, 0.29) is 5.41 Å². The Labute approximate surface area is 207 Å². The molecule has 0 atom stereocenters. The third kappa shape index (κ3) is 4.95. The lowest BCUT2D eigenvalue weighted by atomic mass is 9.79. The third-order valence-electron chi connectivity index (χ3n) is 7.33. The molecule has 3 nitrogen and oxygen atoms in total. The van der Waals surface area contributed by atoms with Gasteiger partial charge in [-0.05, 0) is 66.2 Å². The van der Waals surface area contributed by atoms with E-state index >= 15 is 0 Å². The first-order valence-corrected chi connectivity index (χ1v) is 13.4. The van der Waals surface area contributed by atoms with E-state index in [1.807, 2.05) is 12.1 Å². The maximum absolute atomic E-state index is 6.24. The second kappa shape index (κ2) is 9.38. The molecule has 0 bridgehead atoms. The standard InChI is InChI=1S/C26H33Cl2N3S/c1-26(2)18-31(32-24-15-20(27)14-21(28)16-24)17-19-13-23(7-8-25(19)26)30-11-9-29(10-12-30)22-5-3-4-6-22/h7-8,13-16,22H,3-6,9-12,17-18H2,1-2H3. The fourth-order valence-electron chi connectivity index (χ4n) is 5.75. The van der Waals surface area contributed by atoms with Crippen molar-refractivity contribution in [3.05, 3.63) is 57.6 Å². The number of hydrogen-bond donors (Lipinski definition) is 0. The number of piperazine rings is 1. The van der Waals surface area contributed by atoms with Crippen LogP contribution in [0.1, 0.15) is 50.7 Å². The quantitative estimate of drug-likeness (QED) is 0.433. The molecular formula is C26H33Cl2N3S. The van der Waals surface area contributed by atoms with Crippen LogP contribution in [-0.4, -0.2) is 48.0 Å². The molecule has 0 N–H and O–H groups in total. The van der Waals surface area contributed by atoms with Gasteiger partial charge in [-0.1, -0.05) is 56.0 Å². The number of hydrogen-bond acceptors (Lipinski definition) is 4. The van der Waals surface area contributed by atoms with Crippen LogP contribution in [0, 0.1) is 0 Å². The van der Waals surface area contributed by atoms with Crippen molar-refractivity contribution in [2.45, 2.75) is 62.4 Å². The van der Waals surface area contributed by atoms with Crippen LogP contribution < -0.4 is 4.90 Å². The predicted molar refractivity (Wildman–Crippen MR) is 138 cm³/mol. The molecule has 32 heavy (non-hydrogen) atoms. The molecule has 2 heterocycles. The SMILES string of the molecule is CC1(C)CN(Sc2cc(Cl)cc(Cl)c2)Cc2cc(N3CCN(C4CCCC4)CC3)ccc21. The average Bonchev–Trinajstić information content (AvgIpc) is 3.27. The summed E-state index contributed by atoms with van der Waals surface area (Å²) in [4.78, 5) is 6.42. The van der Waals surface area contributed by atoms with Gasteiger partial charge in [0.05, 0.1) is 0 Å². The van der Waals surface area contributed by atoms with Gasteiger partial charge in [-0.15, -0.1) is 0 Å². The van der Waals surface area contributed by atoms with Crippen molar-refractivity contribution in [1.82, 2.24) is 9.21 Å². The van der Waals surface area contributed by atoms with Gasteiger partial charge in [0.2, 0.25) is 0 Å². The van der Waals surface area contributed by atoms with Crippen LogP contribution >= 0.6 is 35.1 Å². The zero-order valence-electron chi connectivity index (χ0n) is 19.1. The van der Waals surface area contributed by atoms with Crippen LogP contribution in [0.15, 0.2) is 41.3 Å². The molecule has 0 aromatic heterocycles. The Hall–Kier alpha value is -0.910. The minimum Gasteiger partial charge on any atom is -0.369 e. The van der Waals surface area contributed by atoms with Gasteiger partial charge in [-0.3, -0.25) is 4.90 Å². The molecule has 2 aliphatic heterocycles. The third-order valence-corrected chi connectivity index (χ3v) is 8.73. The Kier molecular flexibility index (Phi) is 6.70. The molecule has 1 saturated heterocycles. The lowest BCUT2D eigenvalue weighted by Crippen LogP contribution is -2.49. The summed E-state index contributed by atoms with van der Waals surface area (Å²) in [6.45, 7) is 11.3. The highest BCUT2D eigenvalue weighted by Crippen LogP contribution is 2.40. The van der Waals surface area contributed by atoms with Gasteiger partial charge in [-0.2, -0.15) is 0 Å². The number of anilines is 1. The molecule has 6 heteroatoms. The Morgan fingerprint density at radius 3 is 2.28 bits per heavy atom. The van der Waals surface area contributed by atoms with Crippen LogP contribution in [0.25, 0.3) is 0 Å². The highest BCUT2D eigenvalue weighted by Gasteiger charge is 2.33. The summed E-state index contributed by atoms with van der Waals surface area (Å²) in [6.07, 6.45) is 5.64. The monoisotopic (exact) mass is 489 g/mol. The molecule has 5 rings (SSSR count). The zero-order chi connectivity index (χ0) is 22.3. The maximum Gasteiger partial charge on any atom is 0.0432 e. The highest BCUT2D eigenvalue weighted by atomic mass is 35.5. The van der Waals surface area contributed by atoms with Gasteiger partial charge in [0.25, 0.3) is 0 Å². The summed E-state index contributed by atoms with van der Waals surface area (Å²) in [5.41, 5.74) is 4.40. The van der Waals surface area contributed by atoms with Gasteiger partial charge < -0.3 is 4.90 Å². The summed E-state index contributed by atoms with van der Waals surface area (Å²) in [5, 5.41) is 1.38. The Morgan fingerprint density at radius 2 is 1.59 bits per heavy atom. The Morgan fingerprint density at radius 1 is 0.906 bits per heavy atom. The van der Waals surface area contributed by atoms with E-state index in [1.165, 1.54) is 55.6 Å². The molecule has 0 spiro atoms. The van der Waals surface area contributed by atoms with Crippen molar-refractivity contribution in [1.29, 1.82) is 0 Å². The Balaban J connectivity index is 1.30. The summed E-state index contributed by atoms with van der Waals surface area (Å²) in [7, 11) is 0. The van der Waals surface area contributed by atoms with E-state index in [9.17, 15) is 0 Å². The normalized spacial score (nSPS) is 22.3. The predicted octanol–water partition coefficient (Wildman–Crippen LogP) is 6.86. The summed E-state index contributed by atoms with van der Waals surface area (Å²) in [6, 6.07) is 13.8. The van der Waals surface area contributed by atoms with Crippen molar-refractivity contribution in [2.75, 3.05) is 37.6 Å². The lowest BCUT2D eigenvalue weighted by molar-refractivity contribution is 0.187. The smallest absolute Gasteiger partial charge is 0.0432 e. The molecule has 1 aliphatic carbocycles. The van der Waals surface area contributed by atoms with Crippen LogP contribution in [0.2, 0.25) is 10.0 Å². The van der Waals surface area contributed by atoms with Crippen LogP contribution in [-0.2, 0) is 12.0 Å². The summed E-state index contributed by atoms with van der Waals surface area (Å²) >= 11 is 14.2. The van der Waals surface area contributed by atoms with Gasteiger partial charge >= 0.3 is 0 Å². The van der Waals surface area contributed by atoms with Crippen molar-refractivity contribution in [2.24, 2.45) is 0 Å². The second-order valence-electron chi connectivity index (χ2n) is 10.2. The fourth-order valence-corrected chi connectivity index (χ4v) is 7.65. The first kappa shape index (κ1) is 22.9. The topological polar surface area (TPSA) is 9.72 Å². The van der Waals surface area contributed by atoms with Gasteiger partial charge in [-0.25, -0.2) is 4.31 Å². The summed E-state index contributed by atoms with van der Waals surface area (Å²) < 4.78 is 2.45. The van der Waals surface area contributed by atoms with Gasteiger partial charge in [0.15, 0.2) is 0 Å². The fraction of sp³-hybridized carbons (Fsp3) is 0.538. The van der Waals surface area contributed by atoms with Crippen molar-refractivity contribution < 1.29 is 0 Å². The Bertz CT molecular complexity index is 945. The number of nitrogens with zero attached hydrogens (tertiary/aromatic N) is 3.